The third kappa shape index (κ3) is 6.21. The van der Waals surface area contributed by atoms with Crippen molar-refractivity contribution < 1.29 is 4.39 Å². The first-order chi connectivity index (χ1) is 10.2. The van der Waals surface area contributed by atoms with Gasteiger partial charge in [0.15, 0.2) is 5.96 Å². The van der Waals surface area contributed by atoms with Gasteiger partial charge in [-0.05, 0) is 30.5 Å². The molecule has 0 atom stereocenters. The summed E-state index contributed by atoms with van der Waals surface area (Å²) in [5.74, 6) is 0.440. The van der Waals surface area contributed by atoms with E-state index in [-0.39, 0.29) is 29.8 Å². The Labute approximate surface area is 159 Å². The lowest BCUT2D eigenvalue weighted by Gasteiger charge is -2.10. The molecule has 0 saturated heterocycles. The standard InChI is InChI=1S/C15H17BrFN3S.HI/c1-2-18-15(20-10-13-4-3-7-21-13)19-9-11-5-6-12(16)8-14(11)17;/h3-8H,2,9-10H2,1H3,(H2,18,19,20);1H. The summed E-state index contributed by atoms with van der Waals surface area (Å²) >= 11 is 4.94. The van der Waals surface area contributed by atoms with E-state index in [4.69, 9.17) is 0 Å². The average molecular weight is 498 g/mol. The van der Waals surface area contributed by atoms with Crippen LogP contribution in [0.1, 0.15) is 17.4 Å². The van der Waals surface area contributed by atoms with Crippen LogP contribution in [0.15, 0.2) is 45.2 Å². The van der Waals surface area contributed by atoms with Crippen LogP contribution in [0, 0.1) is 5.82 Å². The highest BCUT2D eigenvalue weighted by molar-refractivity contribution is 14.0. The molecule has 0 saturated carbocycles. The molecule has 1 aromatic carbocycles. The van der Waals surface area contributed by atoms with E-state index in [9.17, 15) is 4.39 Å². The van der Waals surface area contributed by atoms with Gasteiger partial charge in [-0.1, -0.05) is 28.1 Å². The fourth-order valence-electron chi connectivity index (χ4n) is 1.74. The molecule has 2 N–H and O–H groups in total. The number of hydrogen-bond donors (Lipinski definition) is 2. The van der Waals surface area contributed by atoms with Crippen LogP contribution < -0.4 is 10.6 Å². The Morgan fingerprint density at radius 3 is 2.77 bits per heavy atom. The molecule has 7 heteroatoms. The van der Waals surface area contributed by atoms with E-state index in [0.717, 1.165) is 11.0 Å². The molecule has 1 heterocycles. The van der Waals surface area contributed by atoms with Gasteiger partial charge in [0.1, 0.15) is 5.82 Å². The van der Waals surface area contributed by atoms with Crippen molar-refractivity contribution in [2.24, 2.45) is 4.99 Å². The van der Waals surface area contributed by atoms with Crippen molar-refractivity contribution in [1.29, 1.82) is 0 Å². The number of rotatable bonds is 5. The number of nitrogens with one attached hydrogen (secondary N) is 2. The largest absolute Gasteiger partial charge is 0.357 e. The summed E-state index contributed by atoms with van der Waals surface area (Å²) < 4.78 is 14.5. The third-order valence-electron chi connectivity index (χ3n) is 2.78. The van der Waals surface area contributed by atoms with Crippen LogP contribution in [-0.2, 0) is 13.1 Å². The van der Waals surface area contributed by atoms with Crippen molar-refractivity contribution in [2.75, 3.05) is 6.54 Å². The van der Waals surface area contributed by atoms with Crippen molar-refractivity contribution in [3.05, 3.63) is 56.4 Å². The van der Waals surface area contributed by atoms with Gasteiger partial charge in [0, 0.05) is 21.5 Å². The molecule has 0 spiro atoms. The van der Waals surface area contributed by atoms with E-state index in [1.807, 2.05) is 24.4 Å². The lowest BCUT2D eigenvalue weighted by atomic mass is 10.2. The molecular weight excluding hydrogens is 480 g/mol. The maximum Gasteiger partial charge on any atom is 0.191 e. The molecule has 3 nitrogen and oxygen atoms in total. The van der Waals surface area contributed by atoms with Crippen LogP contribution in [-0.4, -0.2) is 12.5 Å². The Morgan fingerprint density at radius 1 is 1.32 bits per heavy atom. The second-order valence-corrected chi connectivity index (χ2v) is 6.31. The molecule has 0 radical (unpaired) electrons. The van der Waals surface area contributed by atoms with Crippen molar-refractivity contribution >= 4 is 57.2 Å². The van der Waals surface area contributed by atoms with Crippen LogP contribution >= 0.6 is 51.2 Å². The first kappa shape index (κ1) is 19.4. The van der Waals surface area contributed by atoms with Gasteiger partial charge in [0.2, 0.25) is 0 Å². The highest BCUT2D eigenvalue weighted by atomic mass is 127. The Balaban J connectivity index is 0.00000242. The number of guanidine groups is 1. The summed E-state index contributed by atoms with van der Waals surface area (Å²) in [5, 5.41) is 8.44. The molecule has 0 aliphatic carbocycles. The summed E-state index contributed by atoms with van der Waals surface area (Å²) in [6.45, 7) is 3.78. The molecule has 0 bridgehead atoms. The quantitative estimate of drug-likeness (QED) is 0.362. The van der Waals surface area contributed by atoms with E-state index in [1.165, 1.54) is 10.9 Å². The summed E-state index contributed by atoms with van der Waals surface area (Å²) in [6.07, 6.45) is 0. The summed E-state index contributed by atoms with van der Waals surface area (Å²) in [6, 6.07) is 9.10. The van der Waals surface area contributed by atoms with Crippen molar-refractivity contribution in [3.63, 3.8) is 0 Å². The van der Waals surface area contributed by atoms with Gasteiger partial charge in [-0.15, -0.1) is 35.3 Å². The van der Waals surface area contributed by atoms with Crippen molar-refractivity contribution in [3.8, 4) is 0 Å². The maximum atomic E-state index is 13.8. The Morgan fingerprint density at radius 2 is 2.14 bits per heavy atom. The molecule has 0 fully saturated rings. The van der Waals surface area contributed by atoms with E-state index in [0.29, 0.717) is 24.6 Å². The van der Waals surface area contributed by atoms with Gasteiger partial charge in [-0.25, -0.2) is 9.38 Å². The van der Waals surface area contributed by atoms with Gasteiger partial charge in [-0.2, -0.15) is 0 Å². The Kier molecular flexibility index (Phi) is 8.96. The molecular formula is C15H18BrFIN3S. The van der Waals surface area contributed by atoms with Gasteiger partial charge in [0.25, 0.3) is 0 Å². The predicted octanol–water partition coefficient (Wildman–Crippen LogP) is 4.52. The SMILES string of the molecule is CCNC(=NCc1ccc(Br)cc1F)NCc1cccs1.I. The zero-order valence-electron chi connectivity index (χ0n) is 12.1. The number of nitrogens with zero attached hydrogens (tertiary/aromatic N) is 1. The Bertz CT molecular complexity index is 605. The fraction of sp³-hybridized carbons (Fsp3) is 0.267. The zero-order valence-corrected chi connectivity index (χ0v) is 16.8. The van der Waals surface area contributed by atoms with Crippen molar-refractivity contribution in [2.45, 2.75) is 20.0 Å². The number of halogens is 3. The topological polar surface area (TPSA) is 36.4 Å². The number of aliphatic imine (C=N–C) groups is 1. The van der Waals surface area contributed by atoms with Crippen molar-refractivity contribution in [1.82, 2.24) is 10.6 Å². The monoisotopic (exact) mass is 497 g/mol. The minimum Gasteiger partial charge on any atom is -0.357 e. The van der Waals surface area contributed by atoms with E-state index in [2.05, 4.69) is 37.6 Å². The number of hydrogen-bond acceptors (Lipinski definition) is 2. The molecule has 2 rings (SSSR count). The first-order valence-corrected chi connectivity index (χ1v) is 8.34. The van der Waals surface area contributed by atoms with Gasteiger partial charge >= 0.3 is 0 Å². The molecule has 0 unspecified atom stereocenters. The van der Waals surface area contributed by atoms with Crippen LogP contribution in [0.3, 0.4) is 0 Å². The smallest absolute Gasteiger partial charge is 0.191 e. The first-order valence-electron chi connectivity index (χ1n) is 6.67. The normalized spacial score (nSPS) is 11.0. The summed E-state index contributed by atoms with van der Waals surface area (Å²) in [4.78, 5) is 5.65. The number of benzene rings is 1. The average Bonchev–Trinajstić information content (AvgIpc) is 2.96. The second kappa shape index (κ2) is 10.2. The summed E-state index contributed by atoms with van der Waals surface area (Å²) in [7, 11) is 0. The molecule has 0 aliphatic heterocycles. The lowest BCUT2D eigenvalue weighted by molar-refractivity contribution is 0.609. The fourth-order valence-corrected chi connectivity index (χ4v) is 2.72. The van der Waals surface area contributed by atoms with Crippen LogP contribution in [0.2, 0.25) is 0 Å². The molecule has 120 valence electrons. The highest BCUT2D eigenvalue weighted by Crippen LogP contribution is 2.16. The molecule has 22 heavy (non-hydrogen) atoms. The van der Waals surface area contributed by atoms with Crippen LogP contribution in [0.25, 0.3) is 0 Å². The maximum absolute atomic E-state index is 13.8. The van der Waals surface area contributed by atoms with Gasteiger partial charge < -0.3 is 10.6 Å². The molecule has 1 aromatic heterocycles. The van der Waals surface area contributed by atoms with E-state index >= 15 is 0 Å². The third-order valence-corrected chi connectivity index (χ3v) is 4.15. The van der Waals surface area contributed by atoms with Crippen LogP contribution in [0.4, 0.5) is 4.39 Å². The van der Waals surface area contributed by atoms with Gasteiger partial charge in [-0.3, -0.25) is 0 Å². The van der Waals surface area contributed by atoms with Gasteiger partial charge in [0.05, 0.1) is 13.1 Å². The number of thiophene rings is 1. The molecule has 0 aliphatic rings. The zero-order chi connectivity index (χ0) is 15.1. The minimum atomic E-state index is -0.248. The minimum absolute atomic E-state index is 0. The van der Waals surface area contributed by atoms with Crippen LogP contribution in [0.5, 0.6) is 0 Å². The molecule has 0 amide bonds. The Hall–Kier alpha value is -0.670. The van der Waals surface area contributed by atoms with E-state index < -0.39 is 0 Å². The summed E-state index contributed by atoms with van der Waals surface area (Å²) in [5.41, 5.74) is 0.575. The second-order valence-electron chi connectivity index (χ2n) is 4.36. The van der Waals surface area contributed by atoms with E-state index in [1.54, 1.807) is 17.4 Å². The molecule has 2 aromatic rings. The highest BCUT2D eigenvalue weighted by Gasteiger charge is 2.03. The predicted molar refractivity (Wildman–Crippen MR) is 105 cm³/mol. The lowest BCUT2D eigenvalue weighted by Crippen LogP contribution is -2.36.